The Kier molecular flexibility index (Phi) is 8.97. The van der Waals surface area contributed by atoms with Crippen LogP contribution in [0.4, 0.5) is 22.0 Å². The van der Waals surface area contributed by atoms with Crippen LogP contribution >= 0.6 is 11.8 Å². The van der Waals surface area contributed by atoms with Crippen molar-refractivity contribution in [2.75, 3.05) is 45.2 Å². The standard InChI is InChI=1S/C13H21F5N2O3S/c1-20(2,8-11(22)23)6-3-5-19-10(21)9-24-7-4-12(14,15)13(16,17)18/h3-9H2,1-2H3,(H-,19,21,22,23)/p+1. The third kappa shape index (κ3) is 9.91. The van der Waals surface area contributed by atoms with Crippen LogP contribution in [0.25, 0.3) is 0 Å². The normalized spacial score (nSPS) is 13.0. The summed E-state index contributed by atoms with van der Waals surface area (Å²) in [6.45, 7) is 0.730. The molecule has 5 nitrogen and oxygen atoms in total. The smallest absolute Gasteiger partial charge is 0.453 e. The maximum Gasteiger partial charge on any atom is 0.453 e. The zero-order valence-electron chi connectivity index (χ0n) is 13.5. The third-order valence-corrected chi connectivity index (χ3v) is 3.99. The Morgan fingerprint density at radius 1 is 1.17 bits per heavy atom. The quantitative estimate of drug-likeness (QED) is 0.326. The first kappa shape index (κ1) is 22.9. The Labute approximate surface area is 141 Å². The first-order valence-corrected chi connectivity index (χ1v) is 8.25. The van der Waals surface area contributed by atoms with Crippen molar-refractivity contribution in [3.63, 3.8) is 0 Å². The van der Waals surface area contributed by atoms with Gasteiger partial charge in [-0.15, -0.1) is 0 Å². The van der Waals surface area contributed by atoms with Gasteiger partial charge < -0.3 is 14.9 Å². The number of aliphatic carboxylic acids is 1. The van der Waals surface area contributed by atoms with Crippen molar-refractivity contribution >= 4 is 23.6 Å². The molecule has 0 aliphatic heterocycles. The van der Waals surface area contributed by atoms with E-state index in [2.05, 4.69) is 5.32 Å². The largest absolute Gasteiger partial charge is 0.477 e. The van der Waals surface area contributed by atoms with Crippen LogP contribution < -0.4 is 5.32 Å². The lowest BCUT2D eigenvalue weighted by Gasteiger charge is -2.27. The summed E-state index contributed by atoms with van der Waals surface area (Å²) < 4.78 is 61.3. The maximum atomic E-state index is 12.6. The predicted molar refractivity (Wildman–Crippen MR) is 80.0 cm³/mol. The number of nitrogens with one attached hydrogen (secondary N) is 1. The summed E-state index contributed by atoms with van der Waals surface area (Å²) in [6.07, 6.45) is -6.42. The molecule has 1 amide bonds. The molecule has 0 aromatic heterocycles. The Morgan fingerprint density at radius 2 is 1.75 bits per heavy atom. The molecule has 24 heavy (non-hydrogen) atoms. The van der Waals surface area contributed by atoms with Crippen LogP contribution in [0.1, 0.15) is 12.8 Å². The van der Waals surface area contributed by atoms with E-state index in [1.807, 2.05) is 0 Å². The molecular weight excluding hydrogens is 359 g/mol. The minimum Gasteiger partial charge on any atom is -0.477 e. The van der Waals surface area contributed by atoms with E-state index in [1.165, 1.54) is 0 Å². The highest BCUT2D eigenvalue weighted by molar-refractivity contribution is 7.99. The fraction of sp³-hybridized carbons (Fsp3) is 0.846. The molecule has 0 bridgehead atoms. The van der Waals surface area contributed by atoms with Crippen LogP contribution in [-0.4, -0.2) is 78.8 Å². The molecule has 0 rings (SSSR count). The van der Waals surface area contributed by atoms with E-state index >= 15 is 0 Å². The van der Waals surface area contributed by atoms with Gasteiger partial charge in [-0.2, -0.15) is 33.7 Å². The number of quaternary nitrogens is 1. The molecular formula is C13H22F5N2O3S+. The molecule has 0 aromatic carbocycles. The van der Waals surface area contributed by atoms with Gasteiger partial charge in [0.1, 0.15) is 0 Å². The summed E-state index contributed by atoms with van der Waals surface area (Å²) in [5, 5.41) is 11.2. The van der Waals surface area contributed by atoms with E-state index in [1.54, 1.807) is 14.1 Å². The molecule has 0 aliphatic rings. The van der Waals surface area contributed by atoms with Crippen LogP contribution in [0.2, 0.25) is 0 Å². The van der Waals surface area contributed by atoms with Crippen molar-refractivity contribution in [3.05, 3.63) is 0 Å². The molecule has 0 fully saturated rings. The van der Waals surface area contributed by atoms with Gasteiger partial charge in [0.25, 0.3) is 0 Å². The summed E-state index contributed by atoms with van der Waals surface area (Å²) in [5.41, 5.74) is 0. The monoisotopic (exact) mass is 381 g/mol. The molecule has 0 radical (unpaired) electrons. The van der Waals surface area contributed by atoms with E-state index in [4.69, 9.17) is 5.11 Å². The highest BCUT2D eigenvalue weighted by Crippen LogP contribution is 2.38. The molecule has 142 valence electrons. The number of amides is 1. The lowest BCUT2D eigenvalue weighted by Crippen LogP contribution is -2.45. The SMILES string of the molecule is C[N+](C)(CCCNC(=O)CSCCC(F)(F)C(F)(F)F)CC(=O)O. The lowest BCUT2D eigenvalue weighted by atomic mass is 10.2. The fourth-order valence-electron chi connectivity index (χ4n) is 1.74. The number of carbonyl (C=O) groups is 2. The zero-order valence-corrected chi connectivity index (χ0v) is 14.3. The van der Waals surface area contributed by atoms with E-state index in [0.29, 0.717) is 24.7 Å². The van der Waals surface area contributed by atoms with Crippen molar-refractivity contribution in [1.82, 2.24) is 5.32 Å². The minimum absolute atomic E-state index is 0.0583. The molecule has 0 aliphatic carbocycles. The first-order chi connectivity index (χ1) is 10.8. The van der Waals surface area contributed by atoms with E-state index in [-0.39, 0.29) is 23.3 Å². The zero-order chi connectivity index (χ0) is 19.0. The second-order valence-electron chi connectivity index (χ2n) is 5.92. The molecule has 0 saturated heterocycles. The molecule has 0 aromatic rings. The van der Waals surface area contributed by atoms with Crippen molar-refractivity contribution in [1.29, 1.82) is 0 Å². The third-order valence-electron chi connectivity index (χ3n) is 3.03. The number of carboxylic acids is 1. The Balaban J connectivity index is 3.84. The van der Waals surface area contributed by atoms with Gasteiger partial charge in [0.05, 0.1) is 26.4 Å². The molecule has 11 heteroatoms. The number of hydrogen-bond donors (Lipinski definition) is 2. The molecule has 0 unspecified atom stereocenters. The first-order valence-electron chi connectivity index (χ1n) is 7.10. The Bertz CT molecular complexity index is 430. The van der Waals surface area contributed by atoms with Gasteiger partial charge in [-0.25, -0.2) is 4.79 Å². The topological polar surface area (TPSA) is 66.4 Å². The number of carboxylic acid groups (broad SMARTS) is 1. The fourth-order valence-corrected chi connectivity index (χ4v) is 2.57. The highest BCUT2D eigenvalue weighted by Gasteiger charge is 2.56. The molecule has 0 saturated carbocycles. The average molecular weight is 381 g/mol. The number of halogens is 5. The summed E-state index contributed by atoms with van der Waals surface area (Å²) in [6, 6.07) is 0. The number of alkyl halides is 5. The van der Waals surface area contributed by atoms with Gasteiger partial charge in [0.2, 0.25) is 5.91 Å². The number of nitrogens with zero attached hydrogens (tertiary/aromatic N) is 1. The summed E-state index contributed by atoms with van der Waals surface area (Å²) in [4.78, 5) is 22.0. The van der Waals surface area contributed by atoms with Crippen LogP contribution in [-0.2, 0) is 9.59 Å². The van der Waals surface area contributed by atoms with Crippen LogP contribution in [0, 0.1) is 0 Å². The van der Waals surface area contributed by atoms with Crippen LogP contribution in [0.15, 0.2) is 0 Å². The Hall–Kier alpha value is -1.10. The summed E-state index contributed by atoms with van der Waals surface area (Å²) >= 11 is 0.703. The molecule has 2 N–H and O–H groups in total. The number of rotatable bonds is 11. The van der Waals surface area contributed by atoms with E-state index in [0.717, 1.165) is 0 Å². The second kappa shape index (κ2) is 9.40. The summed E-state index contributed by atoms with van der Waals surface area (Å²) in [5.74, 6) is -6.83. The van der Waals surface area contributed by atoms with Gasteiger partial charge in [-0.1, -0.05) is 0 Å². The molecule has 0 heterocycles. The van der Waals surface area contributed by atoms with Crippen LogP contribution in [0.3, 0.4) is 0 Å². The Morgan fingerprint density at radius 3 is 2.25 bits per heavy atom. The van der Waals surface area contributed by atoms with E-state index < -0.39 is 36.1 Å². The van der Waals surface area contributed by atoms with Crippen molar-refractivity contribution in [2.24, 2.45) is 0 Å². The van der Waals surface area contributed by atoms with Crippen molar-refractivity contribution in [2.45, 2.75) is 24.9 Å². The maximum absolute atomic E-state index is 12.6. The highest BCUT2D eigenvalue weighted by atomic mass is 32.2. The minimum atomic E-state index is -5.57. The summed E-state index contributed by atoms with van der Waals surface area (Å²) in [7, 11) is 3.46. The number of likely N-dealkylation sites (N-methyl/N-ethyl adjacent to an activating group) is 1. The van der Waals surface area contributed by atoms with E-state index in [9.17, 15) is 31.5 Å². The number of hydrogen-bond acceptors (Lipinski definition) is 3. The molecule has 0 atom stereocenters. The van der Waals surface area contributed by atoms with Gasteiger partial charge in [0.15, 0.2) is 6.54 Å². The van der Waals surface area contributed by atoms with Crippen molar-refractivity contribution < 1.29 is 41.1 Å². The van der Waals surface area contributed by atoms with Gasteiger partial charge >= 0.3 is 18.1 Å². The second-order valence-corrected chi connectivity index (χ2v) is 7.02. The van der Waals surface area contributed by atoms with Crippen molar-refractivity contribution in [3.8, 4) is 0 Å². The van der Waals surface area contributed by atoms with Crippen LogP contribution in [0.5, 0.6) is 0 Å². The average Bonchev–Trinajstić information content (AvgIpc) is 2.37. The lowest BCUT2D eigenvalue weighted by molar-refractivity contribution is -0.883. The van der Waals surface area contributed by atoms with Gasteiger partial charge in [-0.3, -0.25) is 4.79 Å². The number of thioether (sulfide) groups is 1. The number of carbonyl (C=O) groups excluding carboxylic acids is 1. The predicted octanol–water partition coefficient (Wildman–Crippen LogP) is 1.97. The van der Waals surface area contributed by atoms with Gasteiger partial charge in [0, 0.05) is 19.4 Å². The van der Waals surface area contributed by atoms with Gasteiger partial charge in [-0.05, 0) is 5.75 Å². The molecule has 0 spiro atoms.